The molecule has 3 aromatic heterocycles. The molecule has 2 aromatic carbocycles. The maximum atomic E-state index is 13.9. The van der Waals surface area contributed by atoms with Crippen LogP contribution < -0.4 is 15.0 Å². The predicted molar refractivity (Wildman–Crippen MR) is 163 cm³/mol. The molecule has 0 atom stereocenters. The Labute approximate surface area is 250 Å². The van der Waals surface area contributed by atoms with Gasteiger partial charge in [0, 0.05) is 25.1 Å². The lowest BCUT2D eigenvalue weighted by atomic mass is 10.2. The predicted octanol–water partition coefficient (Wildman–Crippen LogP) is 5.90. The van der Waals surface area contributed by atoms with Gasteiger partial charge in [0.2, 0.25) is 0 Å². The fourth-order valence-electron chi connectivity index (χ4n) is 4.25. The van der Waals surface area contributed by atoms with Crippen molar-refractivity contribution in [2.45, 2.75) is 32.5 Å². The van der Waals surface area contributed by atoms with E-state index < -0.39 is 12.1 Å². The van der Waals surface area contributed by atoms with Crippen molar-refractivity contribution in [3.05, 3.63) is 76.5 Å². The normalized spacial score (nSPS) is 11.4. The number of aromatic nitrogens is 4. The molecular formula is C29H31FN6O4S2. The zero-order chi connectivity index (χ0) is 29.5. The highest BCUT2D eigenvalue weighted by molar-refractivity contribution is 7.22. The van der Waals surface area contributed by atoms with Crippen LogP contribution in [0.4, 0.5) is 26.3 Å². The van der Waals surface area contributed by atoms with Crippen molar-refractivity contribution in [3.63, 3.8) is 0 Å². The van der Waals surface area contributed by atoms with Gasteiger partial charge in [-0.25, -0.2) is 14.4 Å². The minimum absolute atomic E-state index is 0.177. The molecule has 3 heterocycles. The summed E-state index contributed by atoms with van der Waals surface area (Å²) >= 11 is 2.88. The van der Waals surface area contributed by atoms with E-state index in [1.165, 1.54) is 28.7 Å². The molecule has 0 aliphatic carbocycles. The average molecular weight is 611 g/mol. The Kier molecular flexibility index (Phi) is 9.87. The SMILES string of the molecule is COCCCN(c1cc(C)c(Nc2nc3ccccc3s2)nn1)c1nc(C(O)O)c(CCCOc2ccccc2F)s1. The highest BCUT2D eigenvalue weighted by Crippen LogP contribution is 2.35. The number of hydrogen-bond donors (Lipinski definition) is 3. The van der Waals surface area contributed by atoms with Gasteiger partial charge >= 0.3 is 0 Å². The molecule has 13 heteroatoms. The smallest absolute Gasteiger partial charge is 0.197 e. The van der Waals surface area contributed by atoms with E-state index in [0.29, 0.717) is 54.1 Å². The molecule has 220 valence electrons. The quantitative estimate of drug-likeness (QED) is 0.103. The number of nitrogens with one attached hydrogen (secondary N) is 1. The summed E-state index contributed by atoms with van der Waals surface area (Å²) in [7, 11) is 1.64. The van der Waals surface area contributed by atoms with E-state index in [-0.39, 0.29) is 18.1 Å². The third-order valence-corrected chi connectivity index (χ3v) is 8.44. The van der Waals surface area contributed by atoms with E-state index >= 15 is 0 Å². The number of rotatable bonds is 14. The zero-order valence-corrected chi connectivity index (χ0v) is 24.8. The second-order valence-electron chi connectivity index (χ2n) is 9.40. The van der Waals surface area contributed by atoms with Crippen LogP contribution in [0.25, 0.3) is 10.2 Å². The van der Waals surface area contributed by atoms with E-state index in [2.05, 4.69) is 25.5 Å². The molecule has 0 aliphatic rings. The molecule has 0 aliphatic heterocycles. The van der Waals surface area contributed by atoms with E-state index in [4.69, 9.17) is 9.47 Å². The summed E-state index contributed by atoms with van der Waals surface area (Å²) in [4.78, 5) is 11.8. The topological polar surface area (TPSA) is 126 Å². The summed E-state index contributed by atoms with van der Waals surface area (Å²) in [6.07, 6.45) is -0.0530. The van der Waals surface area contributed by atoms with Crippen molar-refractivity contribution < 1.29 is 24.1 Å². The van der Waals surface area contributed by atoms with Crippen LogP contribution in [0.3, 0.4) is 0 Å². The van der Waals surface area contributed by atoms with Gasteiger partial charge in [-0.15, -0.1) is 21.5 Å². The van der Waals surface area contributed by atoms with Gasteiger partial charge in [-0.1, -0.05) is 35.6 Å². The second-order valence-corrected chi connectivity index (χ2v) is 11.5. The lowest BCUT2D eigenvalue weighted by molar-refractivity contribution is -0.0459. The number of fused-ring (bicyclic) bond motifs is 1. The van der Waals surface area contributed by atoms with Crippen molar-refractivity contribution in [1.82, 2.24) is 20.2 Å². The van der Waals surface area contributed by atoms with E-state index in [9.17, 15) is 14.6 Å². The van der Waals surface area contributed by atoms with Gasteiger partial charge in [0.1, 0.15) is 5.69 Å². The van der Waals surface area contributed by atoms with Crippen LogP contribution in [-0.4, -0.2) is 57.2 Å². The van der Waals surface area contributed by atoms with E-state index in [0.717, 1.165) is 20.9 Å². The summed E-state index contributed by atoms with van der Waals surface area (Å²) < 4.78 is 25.8. The number of thiazole rings is 2. The first-order valence-corrected chi connectivity index (χ1v) is 15.0. The molecule has 0 saturated carbocycles. The van der Waals surface area contributed by atoms with Gasteiger partial charge in [-0.05, 0) is 62.1 Å². The first-order chi connectivity index (χ1) is 20.4. The monoisotopic (exact) mass is 610 g/mol. The molecule has 0 spiro atoms. The molecule has 0 amide bonds. The van der Waals surface area contributed by atoms with Gasteiger partial charge in [-0.2, -0.15) is 0 Å². The minimum atomic E-state index is -1.74. The maximum Gasteiger partial charge on any atom is 0.197 e. The number of benzene rings is 2. The Hall–Kier alpha value is -3.75. The number of aliphatic hydroxyl groups is 2. The van der Waals surface area contributed by atoms with Gasteiger partial charge in [0.25, 0.3) is 0 Å². The first-order valence-electron chi connectivity index (χ1n) is 13.4. The van der Waals surface area contributed by atoms with Gasteiger partial charge < -0.3 is 29.9 Å². The zero-order valence-electron chi connectivity index (χ0n) is 23.2. The largest absolute Gasteiger partial charge is 0.491 e. The third-order valence-electron chi connectivity index (χ3n) is 6.33. The Morgan fingerprint density at radius 2 is 1.81 bits per heavy atom. The fraction of sp³-hybridized carbons (Fsp3) is 0.310. The first kappa shape index (κ1) is 29.7. The highest BCUT2D eigenvalue weighted by atomic mass is 32.1. The van der Waals surface area contributed by atoms with Crippen LogP contribution in [0.2, 0.25) is 0 Å². The number of hydrogen-bond acceptors (Lipinski definition) is 12. The maximum absolute atomic E-state index is 13.9. The summed E-state index contributed by atoms with van der Waals surface area (Å²) in [6, 6.07) is 16.1. The van der Waals surface area contributed by atoms with Crippen LogP contribution in [0.1, 0.15) is 35.3 Å². The Bertz CT molecular complexity index is 1600. The van der Waals surface area contributed by atoms with Crippen molar-refractivity contribution >= 4 is 54.8 Å². The number of methoxy groups -OCH3 is 1. The number of anilines is 4. The molecule has 5 rings (SSSR count). The van der Waals surface area contributed by atoms with Gasteiger partial charge in [-0.3, -0.25) is 0 Å². The molecule has 0 bridgehead atoms. The molecule has 0 radical (unpaired) electrons. The molecule has 0 unspecified atom stereocenters. The number of nitrogens with zero attached hydrogens (tertiary/aromatic N) is 5. The van der Waals surface area contributed by atoms with Crippen molar-refractivity contribution in [1.29, 1.82) is 0 Å². The molecule has 0 saturated heterocycles. The third kappa shape index (κ3) is 7.17. The molecule has 0 fully saturated rings. The number of aliphatic hydroxyl groups excluding tert-OH is 1. The number of halogens is 1. The van der Waals surface area contributed by atoms with Crippen molar-refractivity contribution in [3.8, 4) is 5.75 Å². The van der Waals surface area contributed by atoms with Gasteiger partial charge in [0.15, 0.2) is 39.8 Å². The lowest BCUT2D eigenvalue weighted by Gasteiger charge is -2.21. The summed E-state index contributed by atoms with van der Waals surface area (Å²) in [5.41, 5.74) is 1.95. The Morgan fingerprint density at radius 3 is 2.57 bits per heavy atom. The van der Waals surface area contributed by atoms with Crippen LogP contribution in [0.15, 0.2) is 54.6 Å². The van der Waals surface area contributed by atoms with Crippen LogP contribution in [0, 0.1) is 12.7 Å². The second kappa shape index (κ2) is 13.9. The minimum Gasteiger partial charge on any atom is -0.491 e. The number of para-hydroxylation sites is 2. The summed E-state index contributed by atoms with van der Waals surface area (Å²) in [5, 5.41) is 33.6. The Morgan fingerprint density at radius 1 is 1.00 bits per heavy atom. The molecule has 3 N–H and O–H groups in total. The molecule has 5 aromatic rings. The molecule has 10 nitrogen and oxygen atoms in total. The fourth-order valence-corrected chi connectivity index (χ4v) is 6.28. The van der Waals surface area contributed by atoms with E-state index in [1.54, 1.807) is 25.3 Å². The van der Waals surface area contributed by atoms with Crippen molar-refractivity contribution in [2.24, 2.45) is 0 Å². The molecular weight excluding hydrogens is 579 g/mol. The number of ether oxygens (including phenoxy) is 2. The Balaban J connectivity index is 1.34. The van der Waals surface area contributed by atoms with Gasteiger partial charge in [0.05, 0.1) is 16.8 Å². The van der Waals surface area contributed by atoms with Crippen molar-refractivity contribution in [2.75, 3.05) is 37.1 Å². The highest BCUT2D eigenvalue weighted by Gasteiger charge is 2.23. The van der Waals surface area contributed by atoms with Crippen LogP contribution in [-0.2, 0) is 11.2 Å². The summed E-state index contributed by atoms with van der Waals surface area (Å²) in [5.74, 6) is 0.925. The standard InChI is InChI=1S/C29H31FN6O4S2/c1-18-17-24(34-35-26(18)33-28-31-20-10-4-6-12-22(20)41-28)36(14-8-15-39-2)29-32-25(27(37)38)23(42-29)13-7-16-40-21-11-5-3-9-19(21)30/h3-6,9-12,17,27,37-38H,7-8,13-16H2,1-2H3,(H,31,33,35). The van der Waals surface area contributed by atoms with E-state index in [1.807, 2.05) is 42.2 Å². The summed E-state index contributed by atoms with van der Waals surface area (Å²) in [6.45, 7) is 3.26. The average Bonchev–Trinajstić information content (AvgIpc) is 3.59. The number of aryl methyl sites for hydroxylation is 2. The molecule has 42 heavy (non-hydrogen) atoms. The lowest BCUT2D eigenvalue weighted by Crippen LogP contribution is -2.21. The van der Waals surface area contributed by atoms with Crippen LogP contribution in [0.5, 0.6) is 5.75 Å². The van der Waals surface area contributed by atoms with Crippen LogP contribution >= 0.6 is 22.7 Å².